The number of thioether (sulfide) groups is 1. The molecular weight excluding hydrogens is 400 g/mol. The lowest BCUT2D eigenvalue weighted by Gasteiger charge is -2.29. The van der Waals surface area contributed by atoms with Crippen molar-refractivity contribution >= 4 is 23.8 Å². The molecule has 0 radical (unpaired) electrons. The van der Waals surface area contributed by atoms with Crippen LogP contribution >= 0.6 is 11.8 Å². The number of ether oxygens (including phenoxy) is 1. The summed E-state index contributed by atoms with van der Waals surface area (Å²) in [5, 5.41) is 15.6. The molecule has 1 aliphatic heterocycles. The second-order valence-electron chi connectivity index (χ2n) is 6.72. The van der Waals surface area contributed by atoms with Crippen LogP contribution in [-0.4, -0.2) is 29.3 Å². The molecule has 30 heavy (non-hydrogen) atoms. The quantitative estimate of drug-likeness (QED) is 0.545. The smallest absolute Gasteiger partial charge is 0.338 e. The third kappa shape index (κ3) is 4.63. The number of carbonyl (C=O) groups excluding carboxylic acids is 2. The summed E-state index contributed by atoms with van der Waals surface area (Å²) in [7, 11) is 0. The van der Waals surface area contributed by atoms with E-state index in [9.17, 15) is 14.9 Å². The largest absolute Gasteiger partial charge is 0.463 e. The van der Waals surface area contributed by atoms with E-state index >= 15 is 0 Å². The maximum atomic E-state index is 12.8. The molecule has 1 aliphatic rings. The van der Waals surface area contributed by atoms with E-state index < -0.39 is 18.0 Å². The van der Waals surface area contributed by atoms with Crippen LogP contribution in [0.15, 0.2) is 52.7 Å². The van der Waals surface area contributed by atoms with Crippen LogP contribution in [0.3, 0.4) is 0 Å². The van der Waals surface area contributed by atoms with Crippen LogP contribution in [0.25, 0.3) is 0 Å². The summed E-state index contributed by atoms with van der Waals surface area (Å²) < 4.78 is 5.27. The van der Waals surface area contributed by atoms with Crippen molar-refractivity contribution in [3.05, 3.63) is 70.1 Å². The van der Waals surface area contributed by atoms with Gasteiger partial charge in [-0.2, -0.15) is 5.26 Å². The van der Waals surface area contributed by atoms with Gasteiger partial charge in [0.1, 0.15) is 11.1 Å². The fourth-order valence-electron chi connectivity index (χ4n) is 3.26. The molecule has 2 heterocycles. The Bertz CT molecular complexity index is 1040. The van der Waals surface area contributed by atoms with E-state index in [-0.39, 0.29) is 12.4 Å². The van der Waals surface area contributed by atoms with Gasteiger partial charge in [-0.05, 0) is 38.0 Å². The number of pyridine rings is 1. The molecule has 0 spiro atoms. The molecule has 0 saturated carbocycles. The van der Waals surface area contributed by atoms with Gasteiger partial charge in [-0.3, -0.25) is 0 Å². The van der Waals surface area contributed by atoms with Gasteiger partial charge in [-0.25, -0.2) is 14.6 Å². The first kappa shape index (κ1) is 21.4. The second-order valence-corrected chi connectivity index (χ2v) is 7.68. The molecule has 1 aromatic carbocycles. The van der Waals surface area contributed by atoms with Crippen LogP contribution in [0, 0.1) is 25.2 Å². The molecule has 0 unspecified atom stereocenters. The topological polar surface area (TPSA) is 104 Å². The molecule has 3 rings (SSSR count). The Morgan fingerprint density at radius 3 is 2.70 bits per heavy atom. The first-order valence-corrected chi connectivity index (χ1v) is 10.5. The summed E-state index contributed by atoms with van der Waals surface area (Å²) in [5.41, 5.74) is 3.69. The summed E-state index contributed by atoms with van der Waals surface area (Å²) in [6.45, 7) is 5.67. The molecule has 7 nitrogen and oxygen atoms in total. The molecule has 2 N–H and O–H groups in total. The molecule has 0 fully saturated rings. The molecular formula is C22H22N4O3S. The van der Waals surface area contributed by atoms with Crippen molar-refractivity contribution in [2.45, 2.75) is 31.8 Å². The van der Waals surface area contributed by atoms with Crippen LogP contribution in [0.2, 0.25) is 0 Å². The van der Waals surface area contributed by atoms with Gasteiger partial charge in [0.15, 0.2) is 0 Å². The summed E-state index contributed by atoms with van der Waals surface area (Å²) in [5.74, 6) is -0.238. The number of carbonyl (C=O) groups is 2. The van der Waals surface area contributed by atoms with E-state index in [4.69, 9.17) is 4.74 Å². The third-order valence-corrected chi connectivity index (χ3v) is 5.56. The van der Waals surface area contributed by atoms with Crippen molar-refractivity contribution in [1.29, 1.82) is 5.26 Å². The summed E-state index contributed by atoms with van der Waals surface area (Å²) in [4.78, 5) is 29.6. The number of esters is 1. The van der Waals surface area contributed by atoms with E-state index in [2.05, 4.69) is 21.7 Å². The molecule has 154 valence electrons. The number of nitrogens with zero attached hydrogens (tertiary/aromatic N) is 2. The predicted octanol–water partition coefficient (Wildman–Crippen LogP) is 3.53. The maximum Gasteiger partial charge on any atom is 0.338 e. The zero-order chi connectivity index (χ0) is 21.7. The molecule has 0 saturated heterocycles. The molecule has 1 aromatic heterocycles. The van der Waals surface area contributed by atoms with Crippen LogP contribution < -0.4 is 10.6 Å². The van der Waals surface area contributed by atoms with Crippen LogP contribution in [-0.2, 0) is 9.53 Å². The Balaban J connectivity index is 2.01. The van der Waals surface area contributed by atoms with E-state index in [1.165, 1.54) is 11.8 Å². The Kier molecular flexibility index (Phi) is 6.75. The highest BCUT2D eigenvalue weighted by Gasteiger charge is 2.33. The van der Waals surface area contributed by atoms with Gasteiger partial charge in [0, 0.05) is 17.1 Å². The van der Waals surface area contributed by atoms with Crippen LogP contribution in [0.4, 0.5) is 4.79 Å². The number of aromatic nitrogens is 1. The molecule has 0 aliphatic carbocycles. The lowest BCUT2D eigenvalue weighted by atomic mass is 9.95. The Hall–Kier alpha value is -3.31. The number of urea groups is 1. The van der Waals surface area contributed by atoms with Crippen molar-refractivity contribution in [2.24, 2.45) is 0 Å². The first-order valence-electron chi connectivity index (χ1n) is 9.48. The highest BCUT2D eigenvalue weighted by atomic mass is 32.2. The Morgan fingerprint density at radius 2 is 2.03 bits per heavy atom. The molecule has 1 atom stereocenters. The number of rotatable bonds is 6. The zero-order valence-electron chi connectivity index (χ0n) is 17.0. The van der Waals surface area contributed by atoms with Gasteiger partial charge >= 0.3 is 12.0 Å². The average Bonchev–Trinajstić information content (AvgIpc) is 2.72. The first-order chi connectivity index (χ1) is 14.4. The number of hydrogen-bond donors (Lipinski definition) is 2. The molecule has 8 heteroatoms. The SMILES string of the molecule is CCOC(=O)C1=C(CSc2nc(C)cc(C)c2C#N)NC(=O)N[C@@H]1c1ccccc1. The number of benzene rings is 1. The van der Waals surface area contributed by atoms with E-state index in [0.29, 0.717) is 21.9 Å². The fraction of sp³-hybridized carbons (Fsp3) is 0.273. The van der Waals surface area contributed by atoms with E-state index in [1.54, 1.807) is 6.92 Å². The van der Waals surface area contributed by atoms with Crippen molar-refractivity contribution in [3.63, 3.8) is 0 Å². The molecule has 0 bridgehead atoms. The minimum Gasteiger partial charge on any atom is -0.463 e. The van der Waals surface area contributed by atoms with Crippen LogP contribution in [0.1, 0.15) is 35.3 Å². The average molecular weight is 423 g/mol. The van der Waals surface area contributed by atoms with E-state index in [0.717, 1.165) is 16.8 Å². The number of amides is 2. The predicted molar refractivity (Wildman–Crippen MR) is 114 cm³/mol. The minimum atomic E-state index is -0.628. The van der Waals surface area contributed by atoms with Gasteiger partial charge < -0.3 is 15.4 Å². The monoisotopic (exact) mass is 422 g/mol. The fourth-order valence-corrected chi connectivity index (χ4v) is 4.33. The van der Waals surface area contributed by atoms with Crippen molar-refractivity contribution in [2.75, 3.05) is 12.4 Å². The zero-order valence-corrected chi connectivity index (χ0v) is 17.8. The number of nitrogens with one attached hydrogen (secondary N) is 2. The van der Waals surface area contributed by atoms with Gasteiger partial charge in [0.05, 0.1) is 23.8 Å². The number of hydrogen-bond acceptors (Lipinski definition) is 6. The van der Waals surface area contributed by atoms with Crippen LogP contribution in [0.5, 0.6) is 0 Å². The lowest BCUT2D eigenvalue weighted by Crippen LogP contribution is -2.46. The lowest BCUT2D eigenvalue weighted by molar-refractivity contribution is -0.139. The highest BCUT2D eigenvalue weighted by Crippen LogP contribution is 2.31. The van der Waals surface area contributed by atoms with Crippen molar-refractivity contribution in [3.8, 4) is 6.07 Å². The second kappa shape index (κ2) is 9.46. The maximum absolute atomic E-state index is 12.8. The summed E-state index contributed by atoms with van der Waals surface area (Å²) >= 11 is 1.30. The summed E-state index contributed by atoms with van der Waals surface area (Å²) in [6.07, 6.45) is 0. The summed E-state index contributed by atoms with van der Waals surface area (Å²) in [6, 6.07) is 12.3. The Labute approximate surface area is 179 Å². The van der Waals surface area contributed by atoms with Gasteiger partial charge in [0.25, 0.3) is 0 Å². The number of nitriles is 1. The van der Waals surface area contributed by atoms with E-state index in [1.807, 2.05) is 50.2 Å². The highest BCUT2D eigenvalue weighted by molar-refractivity contribution is 7.99. The van der Waals surface area contributed by atoms with Gasteiger partial charge in [-0.15, -0.1) is 0 Å². The van der Waals surface area contributed by atoms with Gasteiger partial charge in [-0.1, -0.05) is 42.1 Å². The van der Waals surface area contributed by atoms with Gasteiger partial charge in [0.2, 0.25) is 0 Å². The molecule has 2 amide bonds. The minimum absolute atomic E-state index is 0.218. The normalized spacial score (nSPS) is 15.8. The third-order valence-electron chi connectivity index (χ3n) is 4.56. The standard InChI is InChI=1S/C22H22N4O3S/c1-4-29-21(27)18-17(12-30-20-16(11-23)13(2)10-14(3)24-20)25-22(28)26-19(18)15-8-6-5-7-9-15/h5-10,19H,4,12H2,1-3H3,(H2,25,26,28)/t19-/m1/s1. The van der Waals surface area contributed by atoms with Crippen molar-refractivity contribution < 1.29 is 14.3 Å². The number of aryl methyl sites for hydroxylation is 2. The molecule has 2 aromatic rings. The van der Waals surface area contributed by atoms with Crippen molar-refractivity contribution in [1.82, 2.24) is 15.6 Å². The Morgan fingerprint density at radius 1 is 1.30 bits per heavy atom.